The molecule has 0 fully saturated rings. The van der Waals surface area contributed by atoms with Gasteiger partial charge in [-0.1, -0.05) is 6.92 Å². The Morgan fingerprint density at radius 2 is 1.45 bits per heavy atom. The van der Waals surface area contributed by atoms with E-state index in [2.05, 4.69) is 0 Å². The minimum Gasteiger partial charge on any atom is -0.493 e. The number of hydrogen-bond acceptors (Lipinski definition) is 10. The summed E-state index contributed by atoms with van der Waals surface area (Å²) in [5.41, 5.74) is 0. The van der Waals surface area contributed by atoms with E-state index in [0.717, 1.165) is 16.0 Å². The molecule has 0 bridgehead atoms. The highest BCUT2D eigenvalue weighted by Crippen LogP contribution is 2.41. The third kappa shape index (κ3) is 6.80. The lowest BCUT2D eigenvalue weighted by Gasteiger charge is -2.14. The number of rotatable bonds is 15. The van der Waals surface area contributed by atoms with Crippen LogP contribution in [0, 0.1) is 11.7 Å². The van der Waals surface area contributed by atoms with Crippen molar-refractivity contribution in [3.63, 3.8) is 0 Å². The van der Waals surface area contributed by atoms with E-state index in [9.17, 15) is 19.2 Å². The van der Waals surface area contributed by atoms with Crippen molar-refractivity contribution in [2.24, 2.45) is 5.92 Å². The Bertz CT molecular complexity index is 1670. The fourth-order valence-corrected chi connectivity index (χ4v) is 6.16. The number of methoxy groups -OCH3 is 2. The van der Waals surface area contributed by atoms with Gasteiger partial charge in [-0.25, -0.2) is 4.39 Å². The van der Waals surface area contributed by atoms with E-state index in [1.807, 2.05) is 0 Å². The third-order valence-corrected chi connectivity index (χ3v) is 8.58. The molecule has 1 atom stereocenters. The lowest BCUT2D eigenvalue weighted by molar-refractivity contribution is -0.141. The number of ketones is 2. The molecule has 222 valence electrons. The van der Waals surface area contributed by atoms with Crippen molar-refractivity contribution in [2.75, 3.05) is 27.4 Å². The smallest absolute Gasteiger partial charge is 0.306 e. The van der Waals surface area contributed by atoms with E-state index in [-0.39, 0.29) is 60.0 Å². The number of carbonyl (C=O) groups excluding carboxylic acids is 2. The summed E-state index contributed by atoms with van der Waals surface area (Å²) in [5.74, 6) is -3.63. The normalized spacial score (nSPS) is 11.8. The molecule has 0 spiro atoms. The third-order valence-electron chi connectivity index (χ3n) is 6.32. The number of halogens is 1. The quantitative estimate of drug-likeness (QED) is 0.119. The number of aliphatic carboxylic acids is 2. The van der Waals surface area contributed by atoms with E-state index in [4.69, 9.17) is 29.2 Å². The summed E-state index contributed by atoms with van der Waals surface area (Å²) in [6, 6.07) is 8.02. The first-order chi connectivity index (χ1) is 20.0. The Balaban J connectivity index is 1.47. The molecule has 4 rings (SSSR count). The first-order valence-electron chi connectivity index (χ1n) is 12.7. The van der Waals surface area contributed by atoms with Crippen LogP contribution < -0.4 is 18.9 Å². The molecule has 0 saturated heterocycles. The van der Waals surface area contributed by atoms with Crippen LogP contribution in [0.4, 0.5) is 4.39 Å². The summed E-state index contributed by atoms with van der Waals surface area (Å²) in [6.45, 7) is 1.36. The Morgan fingerprint density at radius 3 is 2.12 bits per heavy atom. The predicted molar refractivity (Wildman–Crippen MR) is 155 cm³/mol. The molecule has 2 aromatic heterocycles. The minimum atomic E-state index is -1.09. The van der Waals surface area contributed by atoms with Crippen LogP contribution in [0.5, 0.6) is 23.0 Å². The number of Topliss-reactive ketones (excluding diaryl/α,β-unsaturated/α-hetero) is 2. The van der Waals surface area contributed by atoms with Crippen LogP contribution in [0.25, 0.3) is 20.2 Å². The fourth-order valence-electron chi connectivity index (χ4n) is 4.08. The SMILES string of the molecule is COc1cc2sc(C(=O)CCC(=O)O)cc2cc1OCCOc1c(OC)cc2sc(C(=O)CC(C)C(=O)O)cc2c1F. The van der Waals surface area contributed by atoms with Gasteiger partial charge in [-0.15, -0.1) is 22.7 Å². The van der Waals surface area contributed by atoms with Gasteiger partial charge in [0.25, 0.3) is 0 Å². The maximum atomic E-state index is 15.5. The van der Waals surface area contributed by atoms with Crippen LogP contribution >= 0.6 is 22.7 Å². The van der Waals surface area contributed by atoms with Crippen molar-refractivity contribution >= 4 is 66.4 Å². The molecule has 10 nitrogen and oxygen atoms in total. The van der Waals surface area contributed by atoms with E-state index in [0.29, 0.717) is 26.5 Å². The molecule has 2 heterocycles. The van der Waals surface area contributed by atoms with Crippen molar-refractivity contribution in [2.45, 2.75) is 26.2 Å². The van der Waals surface area contributed by atoms with Crippen LogP contribution in [0.2, 0.25) is 0 Å². The molecule has 0 saturated carbocycles. The van der Waals surface area contributed by atoms with Gasteiger partial charge in [0.2, 0.25) is 0 Å². The van der Waals surface area contributed by atoms with E-state index < -0.39 is 29.5 Å². The second kappa shape index (κ2) is 13.2. The average Bonchev–Trinajstić information content (AvgIpc) is 3.58. The molecule has 0 aliphatic carbocycles. The average molecular weight is 619 g/mol. The number of ether oxygens (including phenoxy) is 4. The summed E-state index contributed by atoms with van der Waals surface area (Å²) in [4.78, 5) is 47.5. The van der Waals surface area contributed by atoms with E-state index in [1.54, 1.807) is 24.3 Å². The maximum Gasteiger partial charge on any atom is 0.306 e. The number of fused-ring (bicyclic) bond motifs is 2. The van der Waals surface area contributed by atoms with Gasteiger partial charge in [0.05, 0.1) is 36.3 Å². The highest BCUT2D eigenvalue weighted by atomic mass is 32.1. The number of benzene rings is 2. The van der Waals surface area contributed by atoms with Gasteiger partial charge in [-0.05, 0) is 23.6 Å². The number of thiophene rings is 2. The van der Waals surface area contributed by atoms with Crippen molar-refractivity contribution in [3.05, 3.63) is 45.9 Å². The van der Waals surface area contributed by atoms with Crippen molar-refractivity contribution in [1.29, 1.82) is 0 Å². The van der Waals surface area contributed by atoms with Gasteiger partial charge in [-0.3, -0.25) is 19.2 Å². The number of hydrogen-bond donors (Lipinski definition) is 2. The largest absolute Gasteiger partial charge is 0.493 e. The topological polar surface area (TPSA) is 146 Å². The van der Waals surface area contributed by atoms with E-state index >= 15 is 4.39 Å². The van der Waals surface area contributed by atoms with Crippen LogP contribution in [-0.4, -0.2) is 61.2 Å². The molecule has 1 unspecified atom stereocenters. The molecule has 0 amide bonds. The summed E-state index contributed by atoms with van der Waals surface area (Å²) in [6.07, 6.45) is -0.551. The van der Waals surface area contributed by atoms with Crippen molar-refractivity contribution in [1.82, 2.24) is 0 Å². The zero-order chi connectivity index (χ0) is 30.6. The maximum absolute atomic E-state index is 15.5. The van der Waals surface area contributed by atoms with Crippen LogP contribution in [0.15, 0.2) is 30.3 Å². The van der Waals surface area contributed by atoms with Crippen LogP contribution in [0.1, 0.15) is 45.5 Å². The van der Waals surface area contributed by atoms with Crippen LogP contribution in [-0.2, 0) is 9.59 Å². The standard InChI is InChI=1S/C29H27FO10S2/c1-14(29(35)36)8-18(32)25-11-16-23(42-25)13-21(38-3)28(27(16)30)40-7-6-39-20-9-15-10-24(17(31)4-5-26(33)34)41-22(15)12-19(20)37-2/h9-14H,4-8H2,1-3H3,(H,33,34)(H,35,36). The van der Waals surface area contributed by atoms with Gasteiger partial charge in [0.15, 0.2) is 40.4 Å². The second-order valence-electron chi connectivity index (χ2n) is 9.28. The summed E-state index contributed by atoms with van der Waals surface area (Å²) < 4.78 is 38.9. The fraction of sp³-hybridized carbons (Fsp3) is 0.310. The Morgan fingerprint density at radius 1 is 0.810 bits per heavy atom. The Kier molecular flexibility index (Phi) is 9.63. The zero-order valence-electron chi connectivity index (χ0n) is 22.9. The molecular weight excluding hydrogens is 591 g/mol. The summed E-state index contributed by atoms with van der Waals surface area (Å²) in [7, 11) is 2.83. The molecule has 0 aliphatic rings. The number of carboxylic acids is 2. The highest BCUT2D eigenvalue weighted by Gasteiger charge is 2.23. The van der Waals surface area contributed by atoms with Gasteiger partial charge in [-0.2, -0.15) is 0 Å². The van der Waals surface area contributed by atoms with Gasteiger partial charge in [0.1, 0.15) is 13.2 Å². The molecule has 2 aromatic carbocycles. The minimum absolute atomic E-state index is 0.00250. The molecular formula is C29H27FO10S2. The monoisotopic (exact) mass is 618 g/mol. The molecule has 2 N–H and O–H groups in total. The molecule has 0 aliphatic heterocycles. The first kappa shape index (κ1) is 30.7. The van der Waals surface area contributed by atoms with Crippen molar-refractivity contribution < 1.29 is 52.7 Å². The number of carbonyl (C=O) groups is 4. The predicted octanol–water partition coefficient (Wildman–Crippen LogP) is 6.07. The van der Waals surface area contributed by atoms with Crippen molar-refractivity contribution in [3.8, 4) is 23.0 Å². The second-order valence-corrected chi connectivity index (χ2v) is 11.4. The van der Waals surface area contributed by atoms with E-state index in [1.165, 1.54) is 38.5 Å². The molecule has 13 heteroatoms. The van der Waals surface area contributed by atoms with Gasteiger partial charge >= 0.3 is 11.9 Å². The summed E-state index contributed by atoms with van der Waals surface area (Å²) >= 11 is 2.28. The van der Waals surface area contributed by atoms with Gasteiger partial charge < -0.3 is 29.2 Å². The summed E-state index contributed by atoms with van der Waals surface area (Å²) in [5, 5.41) is 18.8. The molecule has 4 aromatic rings. The highest BCUT2D eigenvalue weighted by molar-refractivity contribution is 7.21. The Labute approximate surface area is 247 Å². The lowest BCUT2D eigenvalue weighted by atomic mass is 10.0. The Hall–Kier alpha value is -4.23. The zero-order valence-corrected chi connectivity index (χ0v) is 24.5. The first-order valence-corrected chi connectivity index (χ1v) is 14.3. The number of carboxylic acid groups (broad SMARTS) is 2. The molecule has 42 heavy (non-hydrogen) atoms. The van der Waals surface area contributed by atoms with Crippen LogP contribution in [0.3, 0.4) is 0 Å². The lowest BCUT2D eigenvalue weighted by Crippen LogP contribution is -2.14. The van der Waals surface area contributed by atoms with Gasteiger partial charge in [0, 0.05) is 39.8 Å². The molecule has 0 radical (unpaired) electrons.